The molecule has 54 valence electrons. The highest BCUT2D eigenvalue weighted by Crippen LogP contribution is 1.75. The minimum Gasteiger partial charge on any atom is -0.380 e. The van der Waals surface area contributed by atoms with E-state index in [9.17, 15) is 4.79 Å². The maximum atomic E-state index is 9.74. The van der Waals surface area contributed by atoms with E-state index < -0.39 is 0 Å². The van der Waals surface area contributed by atoms with Gasteiger partial charge in [-0.15, -0.1) is 0 Å². The Morgan fingerprint density at radius 1 is 1.56 bits per heavy atom. The van der Waals surface area contributed by atoms with Gasteiger partial charge < -0.3 is 14.8 Å². The molecule has 3 nitrogen and oxygen atoms in total. The van der Waals surface area contributed by atoms with Gasteiger partial charge in [0.2, 0.25) is 0 Å². The van der Waals surface area contributed by atoms with Gasteiger partial charge in [0.1, 0.15) is 6.29 Å². The molecule has 0 unspecified atom stereocenters. The second-order valence-electron chi connectivity index (χ2n) is 1.67. The van der Waals surface area contributed by atoms with Crippen molar-refractivity contribution in [3.8, 4) is 0 Å². The molecular weight excluding hydrogens is 118 g/mol. The first kappa shape index (κ1) is 8.59. The topological polar surface area (TPSA) is 38.3 Å². The summed E-state index contributed by atoms with van der Waals surface area (Å²) in [4.78, 5) is 9.74. The number of likely N-dealkylation sites (N-methyl/N-ethyl adjacent to an activating group) is 1. The number of ether oxygens (including phenoxy) is 1. The van der Waals surface area contributed by atoms with Crippen molar-refractivity contribution < 1.29 is 9.53 Å². The molecule has 0 aromatic carbocycles. The van der Waals surface area contributed by atoms with Crippen molar-refractivity contribution in [1.29, 1.82) is 0 Å². The molecule has 0 fully saturated rings. The maximum absolute atomic E-state index is 9.74. The van der Waals surface area contributed by atoms with E-state index in [1.165, 1.54) is 0 Å². The Bertz CT molecular complexity index is 66.1. The first-order chi connectivity index (χ1) is 4.41. The summed E-state index contributed by atoms with van der Waals surface area (Å²) in [6.45, 7) is 2.08. The van der Waals surface area contributed by atoms with E-state index in [2.05, 4.69) is 5.32 Å². The molecule has 0 aliphatic rings. The smallest absolute Gasteiger partial charge is 0.122 e. The minimum absolute atomic E-state index is 0.504. The SMILES string of the molecule is CNCCOCCC=O. The zero-order valence-corrected chi connectivity index (χ0v) is 5.72. The zero-order valence-electron chi connectivity index (χ0n) is 5.72. The summed E-state index contributed by atoms with van der Waals surface area (Å²) in [5.74, 6) is 0. The third kappa shape index (κ3) is 7.59. The molecule has 0 amide bonds. The van der Waals surface area contributed by atoms with Gasteiger partial charge in [-0.05, 0) is 7.05 Å². The molecule has 0 aliphatic heterocycles. The fourth-order valence-electron chi connectivity index (χ4n) is 0.408. The summed E-state index contributed by atoms with van der Waals surface area (Å²) in [6, 6.07) is 0. The highest BCUT2D eigenvalue weighted by molar-refractivity contribution is 5.49. The molecule has 0 radical (unpaired) electrons. The largest absolute Gasteiger partial charge is 0.380 e. The molecule has 1 N–H and O–H groups in total. The van der Waals surface area contributed by atoms with Gasteiger partial charge in [0.05, 0.1) is 13.2 Å². The van der Waals surface area contributed by atoms with Crippen LogP contribution in [0.15, 0.2) is 0 Å². The quantitative estimate of drug-likeness (QED) is 0.401. The summed E-state index contributed by atoms with van der Waals surface area (Å²) < 4.78 is 5.02. The summed E-state index contributed by atoms with van der Waals surface area (Å²) in [6.07, 6.45) is 1.36. The monoisotopic (exact) mass is 131 g/mol. The third-order valence-corrected chi connectivity index (χ3v) is 0.876. The molecule has 9 heavy (non-hydrogen) atoms. The first-order valence-electron chi connectivity index (χ1n) is 3.07. The van der Waals surface area contributed by atoms with Crippen LogP contribution in [0.2, 0.25) is 0 Å². The van der Waals surface area contributed by atoms with Gasteiger partial charge >= 0.3 is 0 Å². The van der Waals surface area contributed by atoms with Crippen LogP contribution in [-0.4, -0.2) is 33.1 Å². The van der Waals surface area contributed by atoms with Crippen LogP contribution in [-0.2, 0) is 9.53 Å². The van der Waals surface area contributed by atoms with Gasteiger partial charge in [-0.2, -0.15) is 0 Å². The molecule has 0 aromatic rings. The van der Waals surface area contributed by atoms with Gasteiger partial charge in [0, 0.05) is 13.0 Å². The van der Waals surface area contributed by atoms with Crippen molar-refractivity contribution in [2.24, 2.45) is 0 Å². The second kappa shape index (κ2) is 7.59. The van der Waals surface area contributed by atoms with Crippen molar-refractivity contribution in [2.75, 3.05) is 26.8 Å². The lowest BCUT2D eigenvalue weighted by Gasteiger charge is -1.98. The van der Waals surface area contributed by atoms with Crippen LogP contribution >= 0.6 is 0 Å². The molecule has 0 aromatic heterocycles. The lowest BCUT2D eigenvalue weighted by Crippen LogP contribution is -2.14. The number of aldehydes is 1. The van der Waals surface area contributed by atoms with Crippen LogP contribution in [0.4, 0.5) is 0 Å². The first-order valence-corrected chi connectivity index (χ1v) is 3.07. The predicted octanol–water partition coefficient (Wildman–Crippen LogP) is -0.189. The number of carbonyl (C=O) groups is 1. The molecule has 0 heterocycles. The van der Waals surface area contributed by atoms with Crippen LogP contribution in [0.25, 0.3) is 0 Å². The molecular formula is C6H13NO2. The van der Waals surface area contributed by atoms with Gasteiger partial charge in [-0.3, -0.25) is 0 Å². The Morgan fingerprint density at radius 2 is 2.33 bits per heavy atom. The summed E-state index contributed by atoms with van der Waals surface area (Å²) in [5, 5.41) is 2.93. The van der Waals surface area contributed by atoms with E-state index in [-0.39, 0.29) is 0 Å². The standard InChI is InChI=1S/C6H13NO2/c1-7-3-6-9-5-2-4-8/h4,7H,2-3,5-6H2,1H3. The highest BCUT2D eigenvalue weighted by Gasteiger charge is 1.83. The number of hydrogen-bond donors (Lipinski definition) is 1. The lowest BCUT2D eigenvalue weighted by molar-refractivity contribution is -0.108. The summed E-state index contributed by atoms with van der Waals surface area (Å²) >= 11 is 0. The van der Waals surface area contributed by atoms with E-state index in [4.69, 9.17) is 4.74 Å². The Labute approximate surface area is 55.4 Å². The van der Waals surface area contributed by atoms with Gasteiger partial charge in [0.25, 0.3) is 0 Å². The van der Waals surface area contributed by atoms with Crippen LogP contribution in [0.1, 0.15) is 6.42 Å². The van der Waals surface area contributed by atoms with Gasteiger partial charge in [-0.1, -0.05) is 0 Å². The fourth-order valence-corrected chi connectivity index (χ4v) is 0.408. The van der Waals surface area contributed by atoms with Crippen molar-refractivity contribution in [3.05, 3.63) is 0 Å². The molecule has 0 atom stereocenters. The van der Waals surface area contributed by atoms with Gasteiger partial charge in [-0.25, -0.2) is 0 Å². The highest BCUT2D eigenvalue weighted by atomic mass is 16.5. The van der Waals surface area contributed by atoms with E-state index in [0.29, 0.717) is 19.6 Å². The summed E-state index contributed by atoms with van der Waals surface area (Å²) in [7, 11) is 1.86. The number of carbonyl (C=O) groups excluding carboxylic acids is 1. The van der Waals surface area contributed by atoms with E-state index in [1.807, 2.05) is 7.05 Å². The normalized spacial score (nSPS) is 9.44. The van der Waals surface area contributed by atoms with Crippen LogP contribution < -0.4 is 5.32 Å². The Morgan fingerprint density at radius 3 is 2.89 bits per heavy atom. The maximum Gasteiger partial charge on any atom is 0.122 e. The van der Waals surface area contributed by atoms with Crippen LogP contribution in [0, 0.1) is 0 Å². The third-order valence-electron chi connectivity index (χ3n) is 0.876. The Balaban J connectivity index is 2.66. The molecule has 0 aliphatic carbocycles. The predicted molar refractivity (Wildman–Crippen MR) is 35.4 cm³/mol. The fraction of sp³-hybridized carbons (Fsp3) is 0.833. The minimum atomic E-state index is 0.504. The second-order valence-corrected chi connectivity index (χ2v) is 1.67. The Hall–Kier alpha value is -0.410. The van der Waals surface area contributed by atoms with Crippen molar-refractivity contribution in [3.63, 3.8) is 0 Å². The van der Waals surface area contributed by atoms with E-state index in [1.54, 1.807) is 0 Å². The van der Waals surface area contributed by atoms with Crippen LogP contribution in [0.5, 0.6) is 0 Å². The molecule has 0 bridgehead atoms. The molecule has 3 heteroatoms. The molecule has 0 saturated heterocycles. The van der Waals surface area contributed by atoms with Crippen LogP contribution in [0.3, 0.4) is 0 Å². The van der Waals surface area contributed by atoms with E-state index in [0.717, 1.165) is 12.8 Å². The number of rotatable bonds is 6. The van der Waals surface area contributed by atoms with Crippen molar-refractivity contribution >= 4 is 6.29 Å². The zero-order chi connectivity index (χ0) is 6.95. The molecule has 0 saturated carbocycles. The number of hydrogen-bond acceptors (Lipinski definition) is 3. The average Bonchev–Trinajstić information content (AvgIpc) is 1.89. The van der Waals surface area contributed by atoms with Crippen molar-refractivity contribution in [1.82, 2.24) is 5.32 Å². The van der Waals surface area contributed by atoms with Gasteiger partial charge in [0.15, 0.2) is 0 Å². The average molecular weight is 131 g/mol. The Kier molecular flexibility index (Phi) is 7.24. The molecule has 0 spiro atoms. The number of nitrogens with one attached hydrogen (secondary N) is 1. The molecule has 0 rings (SSSR count). The van der Waals surface area contributed by atoms with Crippen molar-refractivity contribution in [2.45, 2.75) is 6.42 Å². The van der Waals surface area contributed by atoms with E-state index >= 15 is 0 Å². The summed E-state index contributed by atoms with van der Waals surface area (Å²) in [5.41, 5.74) is 0. The lowest BCUT2D eigenvalue weighted by atomic mass is 10.5.